The second-order valence-electron chi connectivity index (χ2n) is 8.74. The normalized spacial score (nSPS) is 13.7. The summed E-state index contributed by atoms with van der Waals surface area (Å²) in [5.41, 5.74) is 5.67. The molecule has 1 aromatic heterocycles. The lowest BCUT2D eigenvalue weighted by atomic mass is 10.0. The van der Waals surface area contributed by atoms with E-state index in [1.54, 1.807) is 13.8 Å². The highest BCUT2D eigenvalue weighted by Gasteiger charge is 2.33. The fourth-order valence-electron chi connectivity index (χ4n) is 3.75. The maximum absolute atomic E-state index is 13.5. The quantitative estimate of drug-likeness (QED) is 0.355. The first-order chi connectivity index (χ1) is 16.4. The Morgan fingerprint density at radius 1 is 1.20 bits per heavy atom. The number of nitrogens with zero attached hydrogens (tertiary/aromatic N) is 1. The number of hydrogen-bond donors (Lipinski definition) is 1. The third kappa shape index (κ3) is 5.40. The number of furan rings is 1. The van der Waals surface area contributed by atoms with Crippen LogP contribution in [0.1, 0.15) is 37.0 Å². The van der Waals surface area contributed by atoms with E-state index in [9.17, 15) is 22.4 Å². The highest BCUT2D eigenvalue weighted by Crippen LogP contribution is 2.43. The fraction of sp³-hybridized carbons (Fsp3) is 0.333. The van der Waals surface area contributed by atoms with Gasteiger partial charge in [0.15, 0.2) is 0 Å². The number of benzene rings is 2. The van der Waals surface area contributed by atoms with Gasteiger partial charge in [-0.05, 0) is 62.9 Å². The molecule has 3 aromatic rings. The monoisotopic (exact) mass is 504 g/mol. The zero-order valence-corrected chi connectivity index (χ0v) is 20.2. The minimum atomic E-state index is -3.68. The Kier molecular flexibility index (Phi) is 6.46. The van der Waals surface area contributed by atoms with Crippen molar-refractivity contribution >= 4 is 38.7 Å². The van der Waals surface area contributed by atoms with Gasteiger partial charge in [0, 0.05) is 23.6 Å². The number of amides is 1. The van der Waals surface area contributed by atoms with Gasteiger partial charge in [0.25, 0.3) is 0 Å². The van der Waals surface area contributed by atoms with E-state index >= 15 is 0 Å². The number of fused-ring (bicyclic) bond motifs is 1. The zero-order valence-electron chi connectivity index (χ0n) is 19.4. The third-order valence-electron chi connectivity index (χ3n) is 5.43. The summed E-state index contributed by atoms with van der Waals surface area (Å²) < 4.78 is 56.7. The van der Waals surface area contributed by atoms with Crippen LogP contribution >= 0.6 is 0 Å². The maximum atomic E-state index is 13.5. The Bertz CT molecular complexity index is 1390. The lowest BCUT2D eigenvalue weighted by molar-refractivity contribution is 0.0640. The molecule has 186 valence electrons. The Hall–Kier alpha value is -3.60. The molecule has 0 radical (unpaired) electrons. The summed E-state index contributed by atoms with van der Waals surface area (Å²) in [6.07, 6.45) is 1.33. The maximum Gasteiger partial charge on any atom is 0.412 e. The Balaban J connectivity index is 1.98. The molecule has 1 heterocycles. The summed E-state index contributed by atoms with van der Waals surface area (Å²) in [4.78, 5) is 24.2. The van der Waals surface area contributed by atoms with Crippen molar-refractivity contribution in [3.63, 3.8) is 0 Å². The van der Waals surface area contributed by atoms with Crippen molar-refractivity contribution in [2.24, 2.45) is 11.7 Å². The van der Waals surface area contributed by atoms with Gasteiger partial charge >= 0.3 is 12.1 Å². The van der Waals surface area contributed by atoms with Gasteiger partial charge in [-0.15, -0.1) is 0 Å². The smallest absolute Gasteiger partial charge is 0.412 e. The molecule has 1 fully saturated rings. The summed E-state index contributed by atoms with van der Waals surface area (Å²) in [6.45, 7) is 3.84. The number of ether oxygens (including phenoxy) is 2. The van der Waals surface area contributed by atoms with Crippen LogP contribution in [-0.2, 0) is 14.8 Å². The van der Waals surface area contributed by atoms with E-state index < -0.39 is 27.9 Å². The molecule has 11 heteroatoms. The summed E-state index contributed by atoms with van der Waals surface area (Å²) in [7, 11) is -3.68. The van der Waals surface area contributed by atoms with Gasteiger partial charge in [0.05, 0.1) is 18.0 Å². The minimum Gasteiger partial charge on any atom is -0.489 e. The average molecular weight is 505 g/mol. The molecule has 1 aliphatic rings. The van der Waals surface area contributed by atoms with Crippen molar-refractivity contribution in [3.05, 3.63) is 47.8 Å². The molecule has 1 aliphatic carbocycles. The molecule has 0 spiro atoms. The molecule has 2 N–H and O–H groups in total. The first-order valence-electron chi connectivity index (χ1n) is 11.0. The molecule has 4 rings (SSSR count). The number of nitrogens with two attached hydrogens (primary N) is 1. The molecule has 0 aliphatic heterocycles. The van der Waals surface area contributed by atoms with Crippen LogP contribution in [-0.4, -0.2) is 39.4 Å². The number of sulfonamides is 1. The zero-order chi connectivity index (χ0) is 25.5. The van der Waals surface area contributed by atoms with Gasteiger partial charge in [-0.2, -0.15) is 0 Å². The van der Waals surface area contributed by atoms with Gasteiger partial charge in [-0.1, -0.05) is 0 Å². The Labute approximate surface area is 201 Å². The average Bonchev–Trinajstić information content (AvgIpc) is 3.49. The second kappa shape index (κ2) is 9.21. The van der Waals surface area contributed by atoms with Crippen LogP contribution in [0.5, 0.6) is 5.75 Å². The van der Waals surface area contributed by atoms with Crippen molar-refractivity contribution in [1.29, 1.82) is 0 Å². The Morgan fingerprint density at radius 2 is 1.86 bits per heavy atom. The van der Waals surface area contributed by atoms with E-state index in [1.165, 1.54) is 40.7 Å². The van der Waals surface area contributed by atoms with Gasteiger partial charge in [0.2, 0.25) is 10.0 Å². The number of esters is 1. The largest absolute Gasteiger partial charge is 0.489 e. The Morgan fingerprint density at radius 3 is 2.40 bits per heavy atom. The van der Waals surface area contributed by atoms with Crippen LogP contribution in [0.25, 0.3) is 22.3 Å². The van der Waals surface area contributed by atoms with Gasteiger partial charge in [-0.25, -0.2) is 22.4 Å². The number of rotatable bonds is 8. The van der Waals surface area contributed by atoms with Crippen LogP contribution in [0.2, 0.25) is 0 Å². The van der Waals surface area contributed by atoms with Gasteiger partial charge in [-0.3, -0.25) is 4.31 Å². The highest BCUT2D eigenvalue weighted by molar-refractivity contribution is 7.92. The first kappa shape index (κ1) is 24.5. The number of carbonyl (C=O) groups excluding carboxylic acids is 2. The van der Waals surface area contributed by atoms with E-state index in [1.807, 2.05) is 0 Å². The SMILES string of the molecule is CC(C)Oc1cc2c(C(=O)OC(N)=O)c(-c3ccc(F)cc3)oc2cc1N(CC1CC1)S(C)(=O)=O. The minimum absolute atomic E-state index is 0.00648. The van der Waals surface area contributed by atoms with Crippen molar-refractivity contribution in [3.8, 4) is 17.1 Å². The van der Waals surface area contributed by atoms with E-state index in [2.05, 4.69) is 4.74 Å². The summed E-state index contributed by atoms with van der Waals surface area (Å²) in [5.74, 6) is -1.12. The van der Waals surface area contributed by atoms with E-state index in [0.717, 1.165) is 19.1 Å². The molecule has 35 heavy (non-hydrogen) atoms. The highest BCUT2D eigenvalue weighted by atomic mass is 32.2. The van der Waals surface area contributed by atoms with Crippen molar-refractivity contribution in [2.45, 2.75) is 32.8 Å². The summed E-state index contributed by atoms with van der Waals surface area (Å²) in [5, 5.41) is 0.217. The molecule has 0 atom stereocenters. The number of hydrogen-bond acceptors (Lipinski definition) is 7. The predicted octanol–water partition coefficient (Wildman–Crippen LogP) is 4.44. The second-order valence-corrected chi connectivity index (χ2v) is 10.6. The molecule has 0 bridgehead atoms. The van der Waals surface area contributed by atoms with Crippen LogP contribution in [0.15, 0.2) is 40.8 Å². The molecular weight excluding hydrogens is 479 g/mol. The molecule has 1 amide bonds. The van der Waals surface area contributed by atoms with Crippen molar-refractivity contribution in [1.82, 2.24) is 0 Å². The third-order valence-corrected chi connectivity index (χ3v) is 6.57. The van der Waals surface area contributed by atoms with Crippen LogP contribution in [0, 0.1) is 11.7 Å². The predicted molar refractivity (Wildman–Crippen MR) is 127 cm³/mol. The lowest BCUT2D eigenvalue weighted by Crippen LogP contribution is -2.32. The van der Waals surface area contributed by atoms with Crippen molar-refractivity contribution in [2.75, 3.05) is 17.1 Å². The van der Waals surface area contributed by atoms with E-state index in [0.29, 0.717) is 5.56 Å². The lowest BCUT2D eigenvalue weighted by Gasteiger charge is -2.25. The first-order valence-corrected chi connectivity index (χ1v) is 12.8. The van der Waals surface area contributed by atoms with Crippen molar-refractivity contribution < 1.29 is 36.3 Å². The van der Waals surface area contributed by atoms with Crippen LogP contribution in [0.4, 0.5) is 14.9 Å². The summed E-state index contributed by atoms with van der Waals surface area (Å²) >= 11 is 0. The van der Waals surface area contributed by atoms with E-state index in [-0.39, 0.29) is 52.3 Å². The fourth-order valence-corrected chi connectivity index (χ4v) is 4.73. The number of anilines is 1. The van der Waals surface area contributed by atoms with Gasteiger partial charge < -0.3 is 19.6 Å². The molecular formula is C24H25FN2O7S. The number of halogens is 1. The molecule has 9 nitrogen and oxygen atoms in total. The number of carbonyl (C=O) groups is 2. The molecule has 2 aromatic carbocycles. The topological polar surface area (TPSA) is 129 Å². The molecule has 0 saturated heterocycles. The summed E-state index contributed by atoms with van der Waals surface area (Å²) in [6, 6.07) is 8.12. The molecule has 0 unspecified atom stereocenters. The standard InChI is InChI=1S/C24H25FN2O7S/c1-13(2)32-20-10-17-19(11-18(20)27(35(3,30)31)12-14-4-5-14)33-22(15-6-8-16(25)9-7-15)21(17)23(28)34-24(26)29/h6-11,13-14H,4-5,12H2,1-3H3,(H2,26,29). The van der Waals surface area contributed by atoms with Crippen LogP contribution < -0.4 is 14.8 Å². The number of primary amides is 1. The van der Waals surface area contributed by atoms with E-state index in [4.69, 9.17) is 14.9 Å². The van der Waals surface area contributed by atoms with Crippen LogP contribution in [0.3, 0.4) is 0 Å². The molecule has 1 saturated carbocycles. The van der Waals surface area contributed by atoms with Gasteiger partial charge in [0.1, 0.15) is 28.5 Å².